The first-order valence-corrected chi connectivity index (χ1v) is 10.2. The van der Waals surface area contributed by atoms with Gasteiger partial charge in [-0.25, -0.2) is 21.9 Å². The van der Waals surface area contributed by atoms with Crippen LogP contribution in [0.5, 0.6) is 0 Å². The second kappa shape index (κ2) is 8.71. The van der Waals surface area contributed by atoms with Gasteiger partial charge in [-0.05, 0) is 56.2 Å². The average molecular weight is 422 g/mol. The smallest absolute Gasteiger partial charge is 0.341 e. The van der Waals surface area contributed by atoms with Crippen LogP contribution in [0.3, 0.4) is 0 Å². The van der Waals surface area contributed by atoms with E-state index < -0.39 is 39.4 Å². The molecule has 1 amide bonds. The minimum absolute atomic E-state index is 0.261. The Hall–Kier alpha value is -2.78. The van der Waals surface area contributed by atoms with Gasteiger partial charge in [-0.15, -0.1) is 0 Å². The molecular formula is C20H23FN2O5S. The molecule has 2 rings (SSSR count). The maximum Gasteiger partial charge on any atom is 0.341 e. The van der Waals surface area contributed by atoms with Gasteiger partial charge in [-0.2, -0.15) is 0 Å². The Kier molecular flexibility index (Phi) is 6.76. The number of sulfonamides is 1. The molecule has 1 N–H and O–H groups in total. The molecule has 0 fully saturated rings. The lowest BCUT2D eigenvalue weighted by atomic mass is 10.1. The van der Waals surface area contributed by atoms with E-state index in [1.165, 1.54) is 21.0 Å². The number of nitrogens with zero attached hydrogens (tertiary/aromatic N) is 1. The number of rotatable bonds is 6. The lowest BCUT2D eigenvalue weighted by molar-refractivity contribution is -0.123. The molecule has 0 aromatic heterocycles. The number of nitrogens with one attached hydrogen (secondary N) is 1. The Balaban J connectivity index is 2.19. The molecule has 0 aliphatic rings. The van der Waals surface area contributed by atoms with E-state index in [9.17, 15) is 22.4 Å². The molecule has 0 heterocycles. The molecule has 0 saturated heterocycles. The summed E-state index contributed by atoms with van der Waals surface area (Å²) < 4.78 is 44.5. The fourth-order valence-corrected chi connectivity index (χ4v) is 3.34. The summed E-state index contributed by atoms with van der Waals surface area (Å²) in [6.45, 7) is 5.03. The quantitative estimate of drug-likeness (QED) is 0.723. The van der Waals surface area contributed by atoms with Crippen molar-refractivity contribution in [3.63, 3.8) is 0 Å². The number of anilines is 1. The van der Waals surface area contributed by atoms with Crippen LogP contribution < -0.4 is 5.32 Å². The summed E-state index contributed by atoms with van der Waals surface area (Å²) in [5.41, 5.74) is 1.77. The van der Waals surface area contributed by atoms with Crippen LogP contribution in [0.2, 0.25) is 0 Å². The number of halogens is 1. The Morgan fingerprint density at radius 2 is 1.76 bits per heavy atom. The molecule has 29 heavy (non-hydrogen) atoms. The Morgan fingerprint density at radius 1 is 1.10 bits per heavy atom. The van der Waals surface area contributed by atoms with Crippen LogP contribution in [0.15, 0.2) is 41.3 Å². The molecule has 2 aromatic carbocycles. The van der Waals surface area contributed by atoms with E-state index >= 15 is 0 Å². The van der Waals surface area contributed by atoms with Crippen molar-refractivity contribution in [3.05, 3.63) is 58.9 Å². The van der Waals surface area contributed by atoms with Gasteiger partial charge < -0.3 is 10.1 Å². The second-order valence-corrected chi connectivity index (χ2v) is 8.94. The zero-order chi connectivity index (χ0) is 21.9. The lowest BCUT2D eigenvalue weighted by Crippen LogP contribution is -2.30. The van der Waals surface area contributed by atoms with E-state index in [-0.39, 0.29) is 4.90 Å². The van der Waals surface area contributed by atoms with E-state index in [1.54, 1.807) is 6.07 Å². The number of carbonyl (C=O) groups is 2. The van der Waals surface area contributed by atoms with E-state index in [4.69, 9.17) is 4.74 Å². The number of ether oxygens (including phenoxy) is 1. The number of esters is 1. The highest BCUT2D eigenvalue weighted by Gasteiger charge is 2.25. The monoisotopic (exact) mass is 422 g/mol. The van der Waals surface area contributed by atoms with Gasteiger partial charge in [0.25, 0.3) is 5.91 Å². The van der Waals surface area contributed by atoms with Gasteiger partial charge in [-0.3, -0.25) is 4.79 Å². The minimum atomic E-state index is -3.86. The fraction of sp³-hybridized carbons (Fsp3) is 0.300. The molecular weight excluding hydrogens is 399 g/mol. The van der Waals surface area contributed by atoms with Crippen molar-refractivity contribution >= 4 is 27.6 Å². The normalized spacial score (nSPS) is 12.5. The molecule has 9 heteroatoms. The number of hydrogen-bond donors (Lipinski definition) is 1. The first-order chi connectivity index (χ1) is 13.4. The van der Waals surface area contributed by atoms with Gasteiger partial charge in [0.15, 0.2) is 6.10 Å². The molecule has 7 nitrogen and oxygen atoms in total. The van der Waals surface area contributed by atoms with Crippen LogP contribution in [0.25, 0.3) is 0 Å². The molecule has 0 aliphatic heterocycles. The van der Waals surface area contributed by atoms with E-state index in [0.29, 0.717) is 5.69 Å². The number of aryl methyl sites for hydroxylation is 2. The summed E-state index contributed by atoms with van der Waals surface area (Å²) in [5, 5.41) is 2.66. The summed E-state index contributed by atoms with van der Waals surface area (Å²) in [5.74, 6) is -2.68. The summed E-state index contributed by atoms with van der Waals surface area (Å²) in [6.07, 6.45) is -1.23. The summed E-state index contributed by atoms with van der Waals surface area (Å²) in [4.78, 5) is 24.5. The van der Waals surface area contributed by atoms with Crippen LogP contribution in [0, 0.1) is 19.7 Å². The number of carbonyl (C=O) groups excluding carboxylic acids is 2. The first-order valence-electron chi connectivity index (χ1n) is 8.74. The third-order valence-corrected chi connectivity index (χ3v) is 6.05. The van der Waals surface area contributed by atoms with Crippen LogP contribution in [-0.2, 0) is 19.6 Å². The molecule has 0 spiro atoms. The summed E-state index contributed by atoms with van der Waals surface area (Å²) in [7, 11) is -1.23. The highest BCUT2D eigenvalue weighted by Crippen LogP contribution is 2.20. The highest BCUT2D eigenvalue weighted by molar-refractivity contribution is 7.89. The minimum Gasteiger partial charge on any atom is -0.449 e. The van der Waals surface area contributed by atoms with Gasteiger partial charge in [0.05, 0.1) is 10.5 Å². The zero-order valence-electron chi connectivity index (χ0n) is 16.8. The Labute approximate surface area is 169 Å². The van der Waals surface area contributed by atoms with Gasteiger partial charge in [0.2, 0.25) is 10.0 Å². The van der Waals surface area contributed by atoms with E-state index in [2.05, 4.69) is 5.32 Å². The number of amides is 1. The number of benzene rings is 2. The first kappa shape index (κ1) is 22.5. The summed E-state index contributed by atoms with van der Waals surface area (Å²) >= 11 is 0. The van der Waals surface area contributed by atoms with Crippen LogP contribution >= 0.6 is 0 Å². The molecule has 0 unspecified atom stereocenters. The summed E-state index contributed by atoms with van der Waals surface area (Å²) in [6, 6.07) is 8.32. The van der Waals surface area contributed by atoms with Crippen molar-refractivity contribution in [2.45, 2.75) is 31.8 Å². The largest absolute Gasteiger partial charge is 0.449 e. The van der Waals surface area contributed by atoms with Gasteiger partial charge in [-0.1, -0.05) is 12.1 Å². The third-order valence-electron chi connectivity index (χ3n) is 4.24. The Morgan fingerprint density at radius 3 is 2.38 bits per heavy atom. The maximum atomic E-state index is 14.1. The van der Waals surface area contributed by atoms with Gasteiger partial charge in [0.1, 0.15) is 5.82 Å². The predicted octanol–water partition coefficient (Wildman–Crippen LogP) is 2.88. The fourth-order valence-electron chi connectivity index (χ4n) is 2.41. The molecule has 2 aromatic rings. The standard InChI is InChI=1S/C20H23FN2O5S/c1-12-6-7-13(2)18(10-12)22-19(24)14(3)28-20(25)16-11-15(8-9-17(16)21)29(26,27)23(4)5/h6-11,14H,1-5H3,(H,22,24)/t14-/m0/s1. The molecule has 0 bridgehead atoms. The van der Waals surface area contributed by atoms with Gasteiger partial charge in [0, 0.05) is 19.8 Å². The highest BCUT2D eigenvalue weighted by atomic mass is 32.2. The van der Waals surface area contributed by atoms with Crippen molar-refractivity contribution in [1.82, 2.24) is 4.31 Å². The molecule has 156 valence electrons. The third kappa shape index (κ3) is 5.18. The molecule has 0 saturated carbocycles. The Bertz CT molecular complexity index is 1050. The molecule has 0 radical (unpaired) electrons. The molecule has 0 aliphatic carbocycles. The molecule has 1 atom stereocenters. The van der Waals surface area contributed by atoms with E-state index in [1.807, 2.05) is 26.0 Å². The van der Waals surface area contributed by atoms with Crippen molar-refractivity contribution in [3.8, 4) is 0 Å². The van der Waals surface area contributed by atoms with Crippen molar-refractivity contribution in [2.75, 3.05) is 19.4 Å². The maximum absolute atomic E-state index is 14.1. The van der Waals surface area contributed by atoms with Crippen molar-refractivity contribution in [1.29, 1.82) is 0 Å². The van der Waals surface area contributed by atoms with E-state index in [0.717, 1.165) is 33.6 Å². The van der Waals surface area contributed by atoms with Crippen LogP contribution in [0.4, 0.5) is 10.1 Å². The van der Waals surface area contributed by atoms with Crippen LogP contribution in [-0.4, -0.2) is 44.8 Å². The zero-order valence-corrected chi connectivity index (χ0v) is 17.6. The number of hydrogen-bond acceptors (Lipinski definition) is 5. The van der Waals surface area contributed by atoms with Crippen LogP contribution in [0.1, 0.15) is 28.4 Å². The lowest BCUT2D eigenvalue weighted by Gasteiger charge is -2.16. The van der Waals surface area contributed by atoms with Crippen molar-refractivity contribution < 1.29 is 27.1 Å². The second-order valence-electron chi connectivity index (χ2n) is 6.78. The average Bonchev–Trinajstić information content (AvgIpc) is 2.64. The SMILES string of the molecule is Cc1ccc(C)c(NC(=O)[C@H](C)OC(=O)c2cc(S(=O)(=O)N(C)C)ccc2F)c1. The van der Waals surface area contributed by atoms with Gasteiger partial charge >= 0.3 is 5.97 Å². The topological polar surface area (TPSA) is 92.8 Å². The predicted molar refractivity (Wildman–Crippen MR) is 107 cm³/mol. The van der Waals surface area contributed by atoms with Crippen molar-refractivity contribution in [2.24, 2.45) is 0 Å².